The average Bonchev–Trinajstić information content (AvgIpc) is 2.26. The Hall–Kier alpha value is -1.71. The molecular weight excluding hydrogens is 192 g/mol. The third kappa shape index (κ3) is 3.50. The second-order valence-electron chi connectivity index (χ2n) is 3.41. The average molecular weight is 206 g/mol. The van der Waals surface area contributed by atoms with Crippen molar-refractivity contribution in [3.8, 4) is 0 Å². The van der Waals surface area contributed by atoms with E-state index in [1.54, 1.807) is 19.3 Å². The minimum absolute atomic E-state index is 0.123. The Bertz CT molecular complexity index is 349. The molecule has 15 heavy (non-hydrogen) atoms. The van der Waals surface area contributed by atoms with Crippen molar-refractivity contribution in [2.75, 3.05) is 0 Å². The largest absolute Gasteiger partial charge is 0.351 e. The van der Waals surface area contributed by atoms with Gasteiger partial charge in [-0.15, -0.1) is 0 Å². The second kappa shape index (κ2) is 5.24. The quantitative estimate of drug-likeness (QED) is 0.745. The summed E-state index contributed by atoms with van der Waals surface area (Å²) in [7, 11) is 0. The molecule has 4 nitrogen and oxygen atoms in total. The molecule has 0 radical (unpaired) electrons. The van der Waals surface area contributed by atoms with Gasteiger partial charge in [-0.25, -0.2) is 0 Å². The van der Waals surface area contributed by atoms with Crippen molar-refractivity contribution in [1.82, 2.24) is 10.3 Å². The number of hydrogen-bond donors (Lipinski definition) is 1. The van der Waals surface area contributed by atoms with Gasteiger partial charge < -0.3 is 5.32 Å². The monoisotopic (exact) mass is 206 g/mol. The lowest BCUT2D eigenvalue weighted by molar-refractivity contribution is -0.132. The molecule has 0 aliphatic rings. The van der Waals surface area contributed by atoms with Gasteiger partial charge in [0.25, 0.3) is 0 Å². The zero-order valence-electron chi connectivity index (χ0n) is 8.86. The molecule has 1 atom stereocenters. The minimum atomic E-state index is -0.577. The minimum Gasteiger partial charge on any atom is -0.351 e. The predicted octanol–water partition coefficient (Wildman–Crippen LogP) is 0.923. The van der Waals surface area contributed by atoms with Crippen molar-refractivity contribution in [2.24, 2.45) is 5.92 Å². The topological polar surface area (TPSA) is 59.1 Å². The molecule has 1 amide bonds. The van der Waals surface area contributed by atoms with Gasteiger partial charge in [0.05, 0.1) is 5.92 Å². The van der Waals surface area contributed by atoms with E-state index >= 15 is 0 Å². The van der Waals surface area contributed by atoms with Gasteiger partial charge in [0.2, 0.25) is 5.91 Å². The van der Waals surface area contributed by atoms with Crippen LogP contribution in [0.5, 0.6) is 0 Å². The highest BCUT2D eigenvalue weighted by Crippen LogP contribution is 1.99. The number of aromatic nitrogens is 1. The van der Waals surface area contributed by atoms with Gasteiger partial charge in [0, 0.05) is 18.9 Å². The lowest BCUT2D eigenvalue weighted by atomic mass is 10.1. The molecule has 4 heteroatoms. The standard InChI is InChI=1S/C11H14N2O2/c1-8(9(2)14)11(15)13-7-10-3-5-12-6-4-10/h3-6,8H,7H2,1-2H3,(H,13,15). The Balaban J connectivity index is 2.44. The second-order valence-corrected chi connectivity index (χ2v) is 3.41. The first-order valence-corrected chi connectivity index (χ1v) is 4.78. The Labute approximate surface area is 88.7 Å². The number of Topliss-reactive ketones (excluding diaryl/α,β-unsaturated/α-hetero) is 1. The van der Waals surface area contributed by atoms with Crippen molar-refractivity contribution in [1.29, 1.82) is 0 Å². The van der Waals surface area contributed by atoms with E-state index in [1.807, 2.05) is 12.1 Å². The molecule has 0 saturated heterocycles. The van der Waals surface area contributed by atoms with E-state index in [4.69, 9.17) is 0 Å². The van der Waals surface area contributed by atoms with Crippen LogP contribution >= 0.6 is 0 Å². The van der Waals surface area contributed by atoms with Gasteiger partial charge in [-0.05, 0) is 31.5 Å². The number of ketones is 1. The first-order valence-electron chi connectivity index (χ1n) is 4.78. The first kappa shape index (κ1) is 11.4. The van der Waals surface area contributed by atoms with Gasteiger partial charge in [0.15, 0.2) is 0 Å². The van der Waals surface area contributed by atoms with Gasteiger partial charge in [0.1, 0.15) is 5.78 Å². The van der Waals surface area contributed by atoms with E-state index in [2.05, 4.69) is 10.3 Å². The lowest BCUT2D eigenvalue weighted by Crippen LogP contribution is -2.32. The molecule has 0 spiro atoms. The number of hydrogen-bond acceptors (Lipinski definition) is 3. The van der Waals surface area contributed by atoms with Crippen molar-refractivity contribution in [3.63, 3.8) is 0 Å². The fraction of sp³-hybridized carbons (Fsp3) is 0.364. The van der Waals surface area contributed by atoms with Crippen LogP contribution in [0.3, 0.4) is 0 Å². The molecule has 0 aliphatic heterocycles. The summed E-state index contributed by atoms with van der Waals surface area (Å²) in [5.74, 6) is -0.937. The third-order valence-electron chi connectivity index (χ3n) is 2.22. The number of pyridine rings is 1. The maximum absolute atomic E-state index is 11.4. The van der Waals surface area contributed by atoms with Gasteiger partial charge in [-0.2, -0.15) is 0 Å². The summed E-state index contributed by atoms with van der Waals surface area (Å²) in [6, 6.07) is 3.64. The fourth-order valence-corrected chi connectivity index (χ4v) is 1.03. The van der Waals surface area contributed by atoms with E-state index in [1.165, 1.54) is 6.92 Å². The van der Waals surface area contributed by atoms with E-state index in [-0.39, 0.29) is 11.7 Å². The molecule has 1 N–H and O–H groups in total. The highest BCUT2D eigenvalue weighted by atomic mass is 16.2. The Kier molecular flexibility index (Phi) is 3.97. The van der Waals surface area contributed by atoms with Gasteiger partial charge >= 0.3 is 0 Å². The SMILES string of the molecule is CC(=O)C(C)C(=O)NCc1ccncc1. The van der Waals surface area contributed by atoms with E-state index < -0.39 is 5.92 Å². The maximum Gasteiger partial charge on any atom is 0.230 e. The summed E-state index contributed by atoms with van der Waals surface area (Å²) in [5.41, 5.74) is 0.967. The summed E-state index contributed by atoms with van der Waals surface area (Å²) in [5, 5.41) is 2.69. The maximum atomic E-state index is 11.4. The Morgan fingerprint density at radius 2 is 2.00 bits per heavy atom. The highest BCUT2D eigenvalue weighted by molar-refractivity contribution is 5.99. The number of nitrogens with zero attached hydrogens (tertiary/aromatic N) is 1. The molecule has 0 fully saturated rings. The Morgan fingerprint density at radius 1 is 1.40 bits per heavy atom. The van der Waals surface area contributed by atoms with Crippen LogP contribution in [0.4, 0.5) is 0 Å². The van der Waals surface area contributed by atoms with Crippen LogP contribution in [0, 0.1) is 5.92 Å². The number of rotatable bonds is 4. The molecule has 1 aromatic rings. The molecule has 1 heterocycles. The van der Waals surface area contributed by atoms with Crippen LogP contribution in [0.15, 0.2) is 24.5 Å². The van der Waals surface area contributed by atoms with Crippen LogP contribution in [0.1, 0.15) is 19.4 Å². The van der Waals surface area contributed by atoms with Crippen molar-refractivity contribution in [3.05, 3.63) is 30.1 Å². The van der Waals surface area contributed by atoms with Gasteiger partial charge in [-0.1, -0.05) is 0 Å². The Morgan fingerprint density at radius 3 is 2.53 bits per heavy atom. The smallest absolute Gasteiger partial charge is 0.230 e. The van der Waals surface area contributed by atoms with Crippen molar-refractivity contribution >= 4 is 11.7 Å². The molecule has 80 valence electrons. The fourth-order valence-electron chi connectivity index (χ4n) is 1.03. The van der Waals surface area contributed by atoms with E-state index in [0.717, 1.165) is 5.56 Å². The molecule has 1 aromatic heterocycles. The number of amides is 1. The summed E-state index contributed by atoms with van der Waals surface area (Å²) < 4.78 is 0. The summed E-state index contributed by atoms with van der Waals surface area (Å²) in [6.45, 7) is 3.44. The van der Waals surface area contributed by atoms with Crippen LogP contribution < -0.4 is 5.32 Å². The number of carbonyl (C=O) groups excluding carboxylic acids is 2. The molecule has 1 unspecified atom stereocenters. The first-order chi connectivity index (χ1) is 7.11. The lowest BCUT2D eigenvalue weighted by Gasteiger charge is -2.08. The zero-order valence-corrected chi connectivity index (χ0v) is 8.86. The molecule has 1 rings (SSSR count). The van der Waals surface area contributed by atoms with Crippen LogP contribution in [0.2, 0.25) is 0 Å². The summed E-state index contributed by atoms with van der Waals surface area (Å²) in [4.78, 5) is 26.2. The summed E-state index contributed by atoms with van der Waals surface area (Å²) in [6.07, 6.45) is 3.33. The van der Waals surface area contributed by atoms with Crippen LogP contribution in [-0.2, 0) is 16.1 Å². The molecule has 0 bridgehead atoms. The molecule has 0 aliphatic carbocycles. The van der Waals surface area contributed by atoms with E-state index in [0.29, 0.717) is 6.54 Å². The normalized spacial score (nSPS) is 11.9. The van der Waals surface area contributed by atoms with Crippen LogP contribution in [-0.4, -0.2) is 16.7 Å². The summed E-state index contributed by atoms with van der Waals surface area (Å²) >= 11 is 0. The van der Waals surface area contributed by atoms with Crippen LogP contribution in [0.25, 0.3) is 0 Å². The zero-order chi connectivity index (χ0) is 11.3. The molecule has 0 aromatic carbocycles. The molecule has 0 saturated carbocycles. The van der Waals surface area contributed by atoms with Gasteiger partial charge in [-0.3, -0.25) is 14.6 Å². The third-order valence-corrected chi connectivity index (χ3v) is 2.22. The number of carbonyl (C=O) groups is 2. The van der Waals surface area contributed by atoms with E-state index in [9.17, 15) is 9.59 Å². The molecular formula is C11H14N2O2. The highest BCUT2D eigenvalue weighted by Gasteiger charge is 2.16. The van der Waals surface area contributed by atoms with Crippen molar-refractivity contribution < 1.29 is 9.59 Å². The number of nitrogens with one attached hydrogen (secondary N) is 1. The van der Waals surface area contributed by atoms with Crippen molar-refractivity contribution in [2.45, 2.75) is 20.4 Å². The predicted molar refractivity (Wildman–Crippen MR) is 55.9 cm³/mol.